The Bertz CT molecular complexity index is 511. The molecule has 0 bridgehead atoms. The Morgan fingerprint density at radius 2 is 1.95 bits per heavy atom. The van der Waals surface area contributed by atoms with Crippen LogP contribution >= 0.6 is 11.6 Å². The minimum Gasteiger partial charge on any atom is -0.710 e. The molecule has 1 heterocycles. The first kappa shape index (κ1) is 15.2. The molecule has 6 nitrogen and oxygen atoms in total. The Morgan fingerprint density at radius 3 is 2.42 bits per heavy atom. The molecule has 2 amide bonds. The molecule has 0 atom stereocenters. The summed E-state index contributed by atoms with van der Waals surface area (Å²) in [5.41, 5.74) is -0.781. The molecule has 0 saturated carbocycles. The zero-order chi connectivity index (χ0) is 14.8. The van der Waals surface area contributed by atoms with Crippen LogP contribution in [0.25, 0.3) is 0 Å². The molecule has 104 valence electrons. The molecule has 0 unspecified atom stereocenters. The molecule has 0 radical (unpaired) electrons. The Balaban J connectivity index is 3.18. The van der Waals surface area contributed by atoms with Crippen LogP contribution in [0.2, 0.25) is 5.15 Å². The number of carbonyl (C=O) groups is 2. The fourth-order valence-electron chi connectivity index (χ4n) is 1.31. The van der Waals surface area contributed by atoms with Gasteiger partial charge in [0.25, 0.3) is 5.82 Å². The number of aromatic nitrogens is 1. The van der Waals surface area contributed by atoms with Crippen molar-refractivity contribution in [1.29, 1.82) is 0 Å². The topological polar surface area (TPSA) is 73.5 Å². The Morgan fingerprint density at radius 1 is 1.37 bits per heavy atom. The molecule has 0 aliphatic heterocycles. The van der Waals surface area contributed by atoms with Gasteiger partial charge >= 0.3 is 12.0 Å². The summed E-state index contributed by atoms with van der Waals surface area (Å²) in [4.78, 5) is 24.2. The summed E-state index contributed by atoms with van der Waals surface area (Å²) in [5, 5.41) is 11.6. The van der Waals surface area contributed by atoms with Crippen molar-refractivity contribution in [2.45, 2.75) is 33.3 Å². The maximum Gasteiger partial charge on any atom is 0.515 e. The summed E-state index contributed by atoms with van der Waals surface area (Å²) in [6, 6.07) is 4.13. The number of amides is 2. The van der Waals surface area contributed by atoms with Gasteiger partial charge in [0.15, 0.2) is 5.15 Å². The van der Waals surface area contributed by atoms with Gasteiger partial charge in [-0.1, -0.05) is 4.90 Å². The smallest absolute Gasteiger partial charge is 0.515 e. The van der Waals surface area contributed by atoms with Gasteiger partial charge in [-0.2, -0.15) is 4.79 Å². The number of ether oxygens (including phenoxy) is 1. The number of rotatable bonds is 1. The van der Waals surface area contributed by atoms with Crippen LogP contribution in [0, 0.1) is 5.21 Å². The van der Waals surface area contributed by atoms with Crippen LogP contribution in [0.15, 0.2) is 18.2 Å². The van der Waals surface area contributed by atoms with Crippen molar-refractivity contribution in [2.24, 2.45) is 0 Å². The summed E-state index contributed by atoms with van der Waals surface area (Å²) >= 11 is 5.66. The zero-order valence-corrected chi connectivity index (χ0v) is 11.9. The number of halogens is 1. The third-order valence-corrected chi connectivity index (χ3v) is 2.28. The van der Waals surface area contributed by atoms with Crippen LogP contribution in [0.5, 0.6) is 0 Å². The highest BCUT2D eigenvalue weighted by Crippen LogP contribution is 2.17. The quantitative estimate of drug-likeness (QED) is 0.451. The highest BCUT2D eigenvalue weighted by molar-refractivity contribution is 6.28. The third kappa shape index (κ3) is 3.82. The Hall–Kier alpha value is -1.82. The summed E-state index contributed by atoms with van der Waals surface area (Å²) in [6.07, 6.45) is -0.924. The number of hydrogen-bond donors (Lipinski definition) is 0. The first-order valence-electron chi connectivity index (χ1n) is 5.55. The molecular formula is C12H15ClN2O4. The van der Waals surface area contributed by atoms with Gasteiger partial charge < -0.3 is 9.94 Å². The lowest BCUT2D eigenvalue weighted by molar-refractivity contribution is -0.589. The van der Waals surface area contributed by atoms with Gasteiger partial charge in [-0.3, -0.25) is 0 Å². The number of imide groups is 1. The van der Waals surface area contributed by atoms with E-state index in [1.807, 2.05) is 0 Å². The van der Waals surface area contributed by atoms with Gasteiger partial charge in [0.2, 0.25) is 0 Å². The number of hydrogen-bond acceptors (Lipinski definition) is 4. The predicted octanol–water partition coefficient (Wildman–Crippen LogP) is 2.26. The van der Waals surface area contributed by atoms with Gasteiger partial charge in [0.05, 0.1) is 0 Å². The van der Waals surface area contributed by atoms with E-state index < -0.39 is 17.6 Å². The van der Waals surface area contributed by atoms with E-state index in [0.717, 1.165) is 6.92 Å². The second-order valence-corrected chi connectivity index (χ2v) is 5.22. The zero-order valence-electron chi connectivity index (χ0n) is 11.1. The van der Waals surface area contributed by atoms with E-state index in [-0.39, 0.29) is 15.7 Å². The van der Waals surface area contributed by atoms with E-state index in [2.05, 4.69) is 0 Å². The first-order chi connectivity index (χ1) is 8.63. The molecule has 0 aromatic carbocycles. The van der Waals surface area contributed by atoms with E-state index in [9.17, 15) is 14.8 Å². The average molecular weight is 287 g/mol. The van der Waals surface area contributed by atoms with Crippen LogP contribution in [-0.4, -0.2) is 17.6 Å². The summed E-state index contributed by atoms with van der Waals surface area (Å²) in [7, 11) is 0. The minimum absolute atomic E-state index is 0.146. The molecule has 0 aliphatic carbocycles. The highest BCUT2D eigenvalue weighted by atomic mass is 35.5. The molecule has 1 aromatic rings. The second kappa shape index (κ2) is 5.44. The van der Waals surface area contributed by atoms with Crippen molar-refractivity contribution in [3.8, 4) is 0 Å². The SMILES string of the molecule is CC(=O)N(C(=O)OC(C)(C)C)c1cccc(Cl)[n+]1[O-]. The van der Waals surface area contributed by atoms with Crippen molar-refractivity contribution in [2.75, 3.05) is 4.90 Å². The molecule has 1 aromatic heterocycles. The maximum atomic E-state index is 12.0. The van der Waals surface area contributed by atoms with E-state index >= 15 is 0 Å². The monoisotopic (exact) mass is 286 g/mol. The first-order valence-corrected chi connectivity index (χ1v) is 5.93. The minimum atomic E-state index is -0.924. The lowest BCUT2D eigenvalue weighted by atomic mass is 10.2. The Labute approximate surface area is 116 Å². The van der Waals surface area contributed by atoms with Gasteiger partial charge in [0, 0.05) is 13.0 Å². The molecular weight excluding hydrogens is 272 g/mol. The fraction of sp³-hybridized carbons (Fsp3) is 0.417. The average Bonchev–Trinajstić information content (AvgIpc) is 2.21. The lowest BCUT2D eigenvalue weighted by Crippen LogP contribution is -2.46. The van der Waals surface area contributed by atoms with Gasteiger partial charge in [0.1, 0.15) is 5.60 Å². The van der Waals surface area contributed by atoms with E-state index in [1.54, 1.807) is 20.8 Å². The van der Waals surface area contributed by atoms with Crippen LogP contribution < -0.4 is 9.63 Å². The Kier molecular flexibility index (Phi) is 4.36. The summed E-state index contributed by atoms with van der Waals surface area (Å²) < 4.78 is 5.37. The number of anilines is 1. The normalized spacial score (nSPS) is 11.0. The van der Waals surface area contributed by atoms with Crippen molar-refractivity contribution in [3.05, 3.63) is 28.6 Å². The molecule has 0 spiro atoms. The molecule has 0 fully saturated rings. The van der Waals surface area contributed by atoms with Crippen molar-refractivity contribution in [3.63, 3.8) is 0 Å². The fourth-order valence-corrected chi connectivity index (χ4v) is 1.47. The van der Waals surface area contributed by atoms with Crippen LogP contribution in [0.3, 0.4) is 0 Å². The number of nitrogens with zero attached hydrogens (tertiary/aromatic N) is 2. The van der Waals surface area contributed by atoms with Gasteiger partial charge in [-0.05, 0) is 44.5 Å². The molecule has 1 rings (SSSR count). The van der Waals surface area contributed by atoms with E-state index in [1.165, 1.54) is 18.2 Å². The second-order valence-electron chi connectivity index (χ2n) is 4.84. The maximum absolute atomic E-state index is 12.0. The molecule has 7 heteroatoms. The predicted molar refractivity (Wildman–Crippen MR) is 69.8 cm³/mol. The molecule has 0 N–H and O–H groups in total. The van der Waals surface area contributed by atoms with Crippen molar-refractivity contribution in [1.82, 2.24) is 0 Å². The van der Waals surface area contributed by atoms with Crippen molar-refractivity contribution >= 4 is 29.4 Å². The lowest BCUT2D eigenvalue weighted by Gasteiger charge is -2.22. The van der Waals surface area contributed by atoms with Crippen molar-refractivity contribution < 1.29 is 19.1 Å². The van der Waals surface area contributed by atoms with Gasteiger partial charge in [-0.15, -0.1) is 0 Å². The third-order valence-electron chi connectivity index (χ3n) is 2.00. The summed E-state index contributed by atoms with van der Waals surface area (Å²) in [6.45, 7) is 6.14. The largest absolute Gasteiger partial charge is 0.710 e. The highest BCUT2D eigenvalue weighted by Gasteiger charge is 2.35. The van der Waals surface area contributed by atoms with E-state index in [4.69, 9.17) is 16.3 Å². The van der Waals surface area contributed by atoms with Gasteiger partial charge in [-0.25, -0.2) is 9.52 Å². The van der Waals surface area contributed by atoms with Crippen LogP contribution in [0.4, 0.5) is 10.6 Å². The van der Waals surface area contributed by atoms with Crippen LogP contribution in [0.1, 0.15) is 27.7 Å². The summed E-state index contributed by atoms with van der Waals surface area (Å²) in [5.74, 6) is -0.838. The number of carbonyl (C=O) groups excluding carboxylic acids is 2. The standard InChI is InChI=1S/C12H15ClN2O4/c1-8(16)14(11(17)19-12(2,3)4)10-7-5-6-9(13)15(10)18/h5-7H,1-4H3. The van der Waals surface area contributed by atoms with Crippen LogP contribution in [-0.2, 0) is 9.53 Å². The van der Waals surface area contributed by atoms with E-state index in [0.29, 0.717) is 4.90 Å². The molecule has 0 aliphatic rings. The molecule has 19 heavy (non-hydrogen) atoms. The molecule has 0 saturated heterocycles. The number of pyridine rings is 1.